The summed E-state index contributed by atoms with van der Waals surface area (Å²) in [4.78, 5) is 62.3. The van der Waals surface area contributed by atoms with E-state index in [-0.39, 0.29) is 53.9 Å². The first-order valence-electron chi connectivity index (χ1n) is 15.0. The normalized spacial score (nSPS) is 13.1. The Balaban J connectivity index is 1.26. The van der Waals surface area contributed by atoms with Crippen molar-refractivity contribution in [3.63, 3.8) is 0 Å². The number of hydrogen-bond acceptors (Lipinski definition) is 11. The van der Waals surface area contributed by atoms with Crippen molar-refractivity contribution in [1.29, 1.82) is 0 Å². The van der Waals surface area contributed by atoms with Crippen molar-refractivity contribution in [2.75, 3.05) is 13.2 Å². The van der Waals surface area contributed by atoms with E-state index in [1.165, 1.54) is 30.5 Å². The molecule has 20 heteroatoms. The fourth-order valence-corrected chi connectivity index (χ4v) is 4.59. The molecule has 0 saturated heterocycles. The maximum Gasteiger partial charge on any atom is 0.422 e. The number of nitrogens with zero attached hydrogens (tertiary/aromatic N) is 7. The molecule has 0 aromatic carbocycles. The monoisotopic (exact) mass is 705 g/mol. The Kier molecular flexibility index (Phi) is 11.1. The highest BCUT2D eigenvalue weighted by Crippen LogP contribution is 2.21. The summed E-state index contributed by atoms with van der Waals surface area (Å²) in [6.07, 6.45) is 1.55. The van der Waals surface area contributed by atoms with Crippen LogP contribution in [0.25, 0.3) is 22.5 Å². The van der Waals surface area contributed by atoms with E-state index in [9.17, 15) is 41.1 Å². The molecule has 0 radical (unpaired) electrons. The molecule has 2 N–H and O–H groups in total. The van der Waals surface area contributed by atoms with Crippen LogP contribution in [0.4, 0.5) is 22.0 Å². The number of hydrogen-bond donors (Lipinski definition) is 2. The van der Waals surface area contributed by atoms with Gasteiger partial charge in [-0.3, -0.25) is 19.2 Å². The molecule has 1 fully saturated rings. The van der Waals surface area contributed by atoms with E-state index in [2.05, 4.69) is 45.3 Å². The number of pyridine rings is 1. The van der Waals surface area contributed by atoms with E-state index in [1.807, 2.05) is 0 Å². The standard InChI is InChI=1S/C30H28F5N9O6/c31-28(32)50-25-6-4-18(11-37-25)22-10-17(27(48)44(42-22)15-24(46)40-20-2-1-3-20)8-9-36-23(45)14-43-26(47)7-5-21(41-43)19-12-38-29(39-13-19)49-16-30(33,34)35/h4-7,10-13,20,28H,1-3,8-9,14-16H2,(H,36,45)(H,40,46). The summed E-state index contributed by atoms with van der Waals surface area (Å²) >= 11 is 0. The molecule has 1 aliphatic rings. The minimum atomic E-state index is -4.57. The van der Waals surface area contributed by atoms with Gasteiger partial charge in [0.1, 0.15) is 13.1 Å². The molecule has 4 heterocycles. The van der Waals surface area contributed by atoms with E-state index in [0.717, 1.165) is 47.1 Å². The third-order valence-electron chi connectivity index (χ3n) is 7.22. The van der Waals surface area contributed by atoms with Gasteiger partial charge in [0.15, 0.2) is 6.61 Å². The van der Waals surface area contributed by atoms with Crippen molar-refractivity contribution in [3.05, 3.63) is 75.2 Å². The molecule has 0 unspecified atom stereocenters. The second-order valence-corrected chi connectivity index (χ2v) is 10.9. The zero-order chi connectivity index (χ0) is 35.8. The van der Waals surface area contributed by atoms with Crippen molar-refractivity contribution >= 4 is 11.8 Å². The number of rotatable bonds is 14. The number of alkyl halides is 5. The number of ether oxygens (including phenoxy) is 2. The van der Waals surface area contributed by atoms with Crippen LogP contribution < -0.4 is 31.2 Å². The molecule has 1 aliphatic carbocycles. The van der Waals surface area contributed by atoms with Gasteiger partial charge in [-0.05, 0) is 43.9 Å². The van der Waals surface area contributed by atoms with E-state index in [4.69, 9.17) is 0 Å². The van der Waals surface area contributed by atoms with Crippen LogP contribution in [0, 0.1) is 0 Å². The highest BCUT2D eigenvalue weighted by Gasteiger charge is 2.29. The zero-order valence-electron chi connectivity index (χ0n) is 25.9. The molecule has 4 aromatic heterocycles. The largest absolute Gasteiger partial charge is 0.454 e. The summed E-state index contributed by atoms with van der Waals surface area (Å²) in [5.41, 5.74) is -0.139. The van der Waals surface area contributed by atoms with Crippen LogP contribution in [0.5, 0.6) is 11.9 Å². The minimum Gasteiger partial charge on any atom is -0.454 e. The Morgan fingerprint density at radius 1 is 0.900 bits per heavy atom. The van der Waals surface area contributed by atoms with Crippen molar-refractivity contribution in [2.45, 2.75) is 57.6 Å². The van der Waals surface area contributed by atoms with Crippen LogP contribution in [0.2, 0.25) is 0 Å². The Labute approximate surface area is 278 Å². The Morgan fingerprint density at radius 3 is 2.24 bits per heavy atom. The Bertz CT molecular complexity index is 1930. The highest BCUT2D eigenvalue weighted by atomic mass is 19.4. The van der Waals surface area contributed by atoms with Crippen molar-refractivity contribution in [2.24, 2.45) is 0 Å². The third kappa shape index (κ3) is 9.86. The maximum absolute atomic E-state index is 13.3. The van der Waals surface area contributed by atoms with Gasteiger partial charge in [0.05, 0.1) is 11.4 Å². The van der Waals surface area contributed by atoms with Gasteiger partial charge < -0.3 is 20.1 Å². The molecular formula is C30H28F5N9O6. The lowest BCUT2D eigenvalue weighted by Crippen LogP contribution is -2.43. The molecule has 0 spiro atoms. The molecule has 0 atom stereocenters. The minimum absolute atomic E-state index is 0.0189. The first-order chi connectivity index (χ1) is 23.8. The maximum atomic E-state index is 13.3. The molecule has 15 nitrogen and oxygen atoms in total. The lowest BCUT2D eigenvalue weighted by molar-refractivity contribution is -0.154. The molecule has 0 bridgehead atoms. The number of aromatic nitrogens is 7. The smallest absolute Gasteiger partial charge is 0.422 e. The summed E-state index contributed by atoms with van der Waals surface area (Å²) in [6.45, 7) is -5.64. The summed E-state index contributed by atoms with van der Waals surface area (Å²) < 4.78 is 72.8. The lowest BCUT2D eigenvalue weighted by Gasteiger charge is -2.26. The second-order valence-electron chi connectivity index (χ2n) is 10.9. The van der Waals surface area contributed by atoms with Gasteiger partial charge in [-0.15, -0.1) is 0 Å². The van der Waals surface area contributed by atoms with Crippen LogP contribution in [0.1, 0.15) is 24.8 Å². The van der Waals surface area contributed by atoms with Gasteiger partial charge >= 0.3 is 18.8 Å². The predicted octanol–water partition coefficient (Wildman–Crippen LogP) is 1.89. The van der Waals surface area contributed by atoms with Crippen LogP contribution in [0.15, 0.2) is 58.5 Å². The Morgan fingerprint density at radius 2 is 1.60 bits per heavy atom. The van der Waals surface area contributed by atoms with Crippen LogP contribution in [-0.2, 0) is 29.1 Å². The van der Waals surface area contributed by atoms with E-state index in [0.29, 0.717) is 5.56 Å². The van der Waals surface area contributed by atoms with Crippen LogP contribution in [0.3, 0.4) is 0 Å². The van der Waals surface area contributed by atoms with Gasteiger partial charge in [-0.25, -0.2) is 24.3 Å². The van der Waals surface area contributed by atoms with E-state index in [1.54, 1.807) is 0 Å². The number of carbonyl (C=O) groups excluding carboxylic acids is 2. The molecule has 2 amide bonds. The molecule has 4 aromatic rings. The zero-order valence-corrected chi connectivity index (χ0v) is 25.9. The summed E-state index contributed by atoms with van der Waals surface area (Å²) in [6, 6.07) is 5.98. The lowest BCUT2D eigenvalue weighted by atomic mass is 9.93. The first-order valence-corrected chi connectivity index (χ1v) is 15.0. The van der Waals surface area contributed by atoms with Crippen LogP contribution >= 0.6 is 0 Å². The summed E-state index contributed by atoms with van der Waals surface area (Å²) in [5.74, 6) is -1.39. The molecule has 1 saturated carbocycles. The van der Waals surface area contributed by atoms with Gasteiger partial charge in [-0.1, -0.05) is 0 Å². The molecule has 0 aliphatic heterocycles. The number of halogens is 5. The fraction of sp³-hybridized carbons (Fsp3) is 0.367. The second kappa shape index (κ2) is 15.6. The third-order valence-corrected chi connectivity index (χ3v) is 7.22. The van der Waals surface area contributed by atoms with Crippen molar-refractivity contribution < 1.29 is 41.0 Å². The van der Waals surface area contributed by atoms with E-state index >= 15 is 0 Å². The fourth-order valence-electron chi connectivity index (χ4n) is 4.59. The number of carbonyl (C=O) groups is 2. The quantitative estimate of drug-likeness (QED) is 0.183. The number of amides is 2. The van der Waals surface area contributed by atoms with Crippen molar-refractivity contribution in [3.8, 4) is 34.4 Å². The highest BCUT2D eigenvalue weighted by molar-refractivity contribution is 5.76. The molecule has 264 valence electrons. The predicted molar refractivity (Wildman–Crippen MR) is 162 cm³/mol. The number of nitrogens with one attached hydrogen (secondary N) is 2. The first kappa shape index (κ1) is 35.5. The van der Waals surface area contributed by atoms with Crippen LogP contribution in [-0.4, -0.2) is 78.3 Å². The van der Waals surface area contributed by atoms with Crippen molar-refractivity contribution in [1.82, 2.24) is 45.1 Å². The van der Waals surface area contributed by atoms with E-state index < -0.39 is 54.9 Å². The average Bonchev–Trinajstić information content (AvgIpc) is 3.04. The van der Waals surface area contributed by atoms with Gasteiger partial charge in [0, 0.05) is 60.0 Å². The summed E-state index contributed by atoms with van der Waals surface area (Å²) in [5, 5.41) is 13.8. The summed E-state index contributed by atoms with van der Waals surface area (Å²) in [7, 11) is 0. The van der Waals surface area contributed by atoms with Gasteiger partial charge in [-0.2, -0.15) is 32.1 Å². The topological polar surface area (TPSA) is 185 Å². The van der Waals surface area contributed by atoms with Gasteiger partial charge in [0.2, 0.25) is 17.7 Å². The molecular weight excluding hydrogens is 677 g/mol. The Hall–Kier alpha value is -5.82. The molecule has 50 heavy (non-hydrogen) atoms. The SMILES string of the molecule is O=C(Cn1nc(-c2cnc(OCC(F)(F)F)nc2)ccc1=O)NCCc1cc(-c2ccc(OC(F)F)nc2)nn(CC(=O)NC2CCC2)c1=O. The molecule has 5 rings (SSSR count). The van der Waals surface area contributed by atoms with Gasteiger partial charge in [0.25, 0.3) is 11.1 Å². The average molecular weight is 706 g/mol.